The molecule has 0 atom stereocenters. The van der Waals surface area contributed by atoms with Crippen molar-refractivity contribution >= 4 is 11.6 Å². The second-order valence-electron chi connectivity index (χ2n) is 4.76. The maximum absolute atomic E-state index is 5.90. The molecule has 0 amide bonds. The Balaban J connectivity index is 1.73. The van der Waals surface area contributed by atoms with E-state index in [2.05, 4.69) is 10.1 Å². The van der Waals surface area contributed by atoms with Gasteiger partial charge in [0, 0.05) is 23.5 Å². The Kier molecular flexibility index (Phi) is 5.59. The lowest BCUT2D eigenvalue weighted by molar-refractivity contribution is 0.380. The fraction of sp³-hybridized carbons (Fsp3) is 0.286. The summed E-state index contributed by atoms with van der Waals surface area (Å²) in [6, 6.07) is 7.84. The highest BCUT2D eigenvalue weighted by Gasteiger charge is 1.99. The Bertz CT molecular complexity index is 564. The minimum absolute atomic E-state index is 0.477. The zero-order valence-electron chi connectivity index (χ0n) is 11.7. The fourth-order valence-corrected chi connectivity index (χ4v) is 2.06. The van der Waals surface area contributed by atoms with Gasteiger partial charge in [-0.1, -0.05) is 23.7 Å². The Morgan fingerprint density at radius 3 is 2.76 bits per heavy atom. The molecule has 0 saturated carbocycles. The van der Waals surface area contributed by atoms with Crippen LogP contribution in [0.15, 0.2) is 48.8 Å². The highest BCUT2D eigenvalue weighted by atomic mass is 35.5. The van der Waals surface area contributed by atoms with E-state index in [1.807, 2.05) is 24.3 Å². The van der Waals surface area contributed by atoms with Gasteiger partial charge < -0.3 is 10.7 Å². The Morgan fingerprint density at radius 2 is 2.10 bits per heavy atom. The van der Waals surface area contributed by atoms with E-state index >= 15 is 0 Å². The Labute approximate surface area is 129 Å². The summed E-state index contributed by atoms with van der Waals surface area (Å²) in [5, 5.41) is 6.34. The molecule has 4 N–H and O–H groups in total. The number of halogens is 1. The van der Waals surface area contributed by atoms with Gasteiger partial charge in [0.2, 0.25) is 0 Å². The molecule has 1 aromatic heterocycles. The van der Waals surface area contributed by atoms with Crippen LogP contribution in [0.1, 0.15) is 12.0 Å². The number of hydrogen-bond acceptors (Lipinski definition) is 5. The Morgan fingerprint density at radius 1 is 1.33 bits per heavy atom. The molecule has 6 nitrogen and oxygen atoms in total. The zero-order chi connectivity index (χ0) is 15.1. The van der Waals surface area contributed by atoms with Gasteiger partial charge in [0.05, 0.1) is 6.54 Å². The predicted octanol–water partition coefficient (Wildman–Crippen LogP) is 1.54. The first-order valence-electron chi connectivity index (χ1n) is 6.68. The normalized spacial score (nSPS) is 11.6. The molecule has 112 valence electrons. The van der Waals surface area contributed by atoms with E-state index in [0.29, 0.717) is 12.2 Å². The van der Waals surface area contributed by atoms with E-state index in [1.54, 1.807) is 22.2 Å². The van der Waals surface area contributed by atoms with Crippen LogP contribution in [-0.2, 0) is 13.0 Å². The van der Waals surface area contributed by atoms with Gasteiger partial charge in [-0.15, -0.1) is 0 Å². The van der Waals surface area contributed by atoms with Gasteiger partial charge in [-0.25, -0.2) is 15.5 Å². The van der Waals surface area contributed by atoms with E-state index in [-0.39, 0.29) is 0 Å². The molecular weight excluding hydrogens is 288 g/mol. The molecular formula is C14H19ClN6. The molecule has 1 aromatic carbocycles. The summed E-state index contributed by atoms with van der Waals surface area (Å²) in [7, 11) is 0. The first-order chi connectivity index (χ1) is 10.1. The lowest BCUT2D eigenvalue weighted by atomic mass is 10.1. The number of nitrogens with zero attached hydrogens (tertiary/aromatic N) is 4. The van der Waals surface area contributed by atoms with E-state index in [0.717, 1.165) is 24.4 Å². The van der Waals surface area contributed by atoms with Crippen molar-refractivity contribution in [3.8, 4) is 0 Å². The first-order valence-corrected chi connectivity index (χ1v) is 7.05. The quantitative estimate of drug-likeness (QED) is 0.598. The molecule has 7 heteroatoms. The molecule has 2 rings (SSSR count). The fourth-order valence-electron chi connectivity index (χ4n) is 1.94. The highest BCUT2D eigenvalue weighted by Crippen LogP contribution is 2.11. The topological polar surface area (TPSA) is 86.0 Å². The number of rotatable bonds is 7. The third-order valence-electron chi connectivity index (χ3n) is 2.94. The molecule has 1 heterocycles. The molecule has 0 aliphatic rings. The molecule has 2 aromatic rings. The second kappa shape index (κ2) is 7.66. The van der Waals surface area contributed by atoms with Crippen LogP contribution in [0.25, 0.3) is 0 Å². The van der Waals surface area contributed by atoms with Crippen molar-refractivity contribution in [2.45, 2.75) is 19.4 Å². The van der Waals surface area contributed by atoms with Gasteiger partial charge in [-0.3, -0.25) is 0 Å². The molecule has 21 heavy (non-hydrogen) atoms. The van der Waals surface area contributed by atoms with Crippen LogP contribution in [0, 0.1) is 0 Å². The van der Waals surface area contributed by atoms with Crippen molar-refractivity contribution in [2.24, 2.45) is 11.6 Å². The van der Waals surface area contributed by atoms with Crippen LogP contribution in [-0.4, -0.2) is 26.3 Å². The van der Waals surface area contributed by atoms with Crippen LogP contribution in [0.2, 0.25) is 5.02 Å². The number of aromatic nitrogens is 3. The van der Waals surface area contributed by atoms with E-state index < -0.39 is 0 Å². The van der Waals surface area contributed by atoms with Gasteiger partial charge >= 0.3 is 0 Å². The average Bonchev–Trinajstić information content (AvgIpc) is 2.93. The van der Waals surface area contributed by atoms with E-state index in [9.17, 15) is 0 Å². The van der Waals surface area contributed by atoms with Crippen molar-refractivity contribution in [1.82, 2.24) is 19.8 Å². The Hall–Kier alpha value is -2.05. The van der Waals surface area contributed by atoms with Gasteiger partial charge in [-0.2, -0.15) is 5.10 Å². The number of nitrogens with two attached hydrogens (primary N) is 2. The van der Waals surface area contributed by atoms with Crippen LogP contribution in [0.5, 0.6) is 0 Å². The minimum Gasteiger partial charge on any atom is -0.399 e. The number of hydrogen-bond donors (Lipinski definition) is 2. The van der Waals surface area contributed by atoms with Gasteiger partial charge in [0.25, 0.3) is 0 Å². The SMILES string of the molecule is N/C(=C\N(N)CCCc1ccc(Cl)cc1)Cn1cncn1. The lowest BCUT2D eigenvalue weighted by Gasteiger charge is -2.15. The molecule has 0 bridgehead atoms. The summed E-state index contributed by atoms with van der Waals surface area (Å²) in [5.74, 6) is 5.90. The third kappa shape index (κ3) is 5.45. The van der Waals surface area contributed by atoms with Gasteiger partial charge in [0.15, 0.2) is 0 Å². The average molecular weight is 307 g/mol. The van der Waals surface area contributed by atoms with Crippen LogP contribution in [0.4, 0.5) is 0 Å². The number of benzene rings is 1. The number of allylic oxidation sites excluding steroid dienone is 1. The molecule has 0 aliphatic carbocycles. The smallest absolute Gasteiger partial charge is 0.137 e. The van der Waals surface area contributed by atoms with Crippen LogP contribution < -0.4 is 11.6 Å². The van der Waals surface area contributed by atoms with Gasteiger partial charge in [-0.05, 0) is 30.5 Å². The second-order valence-corrected chi connectivity index (χ2v) is 5.20. The number of aryl methyl sites for hydroxylation is 1. The predicted molar refractivity (Wildman–Crippen MR) is 83.0 cm³/mol. The van der Waals surface area contributed by atoms with Crippen LogP contribution in [0.3, 0.4) is 0 Å². The summed E-state index contributed by atoms with van der Waals surface area (Å²) < 4.78 is 1.65. The van der Waals surface area contributed by atoms with E-state index in [1.165, 1.54) is 11.9 Å². The maximum atomic E-state index is 5.90. The molecule has 0 radical (unpaired) electrons. The summed E-state index contributed by atoms with van der Waals surface area (Å²) in [6.07, 6.45) is 6.69. The zero-order valence-corrected chi connectivity index (χ0v) is 12.4. The molecule has 0 spiro atoms. The minimum atomic E-state index is 0.477. The van der Waals surface area contributed by atoms with Gasteiger partial charge in [0.1, 0.15) is 12.7 Å². The van der Waals surface area contributed by atoms with E-state index in [4.69, 9.17) is 23.2 Å². The van der Waals surface area contributed by atoms with Crippen molar-refractivity contribution in [2.75, 3.05) is 6.54 Å². The maximum Gasteiger partial charge on any atom is 0.137 e. The summed E-state index contributed by atoms with van der Waals surface area (Å²) in [5.41, 5.74) is 7.78. The largest absolute Gasteiger partial charge is 0.399 e. The standard InChI is InChI=1S/C14H19ClN6/c15-13-5-3-12(4-6-13)2-1-7-20(17)8-14(16)9-21-11-18-10-19-21/h3-6,8,10-11H,1-2,7,9,16-17H2/b14-8-. The highest BCUT2D eigenvalue weighted by molar-refractivity contribution is 6.30. The van der Waals surface area contributed by atoms with Crippen molar-refractivity contribution in [3.63, 3.8) is 0 Å². The van der Waals surface area contributed by atoms with Crippen LogP contribution >= 0.6 is 11.6 Å². The third-order valence-corrected chi connectivity index (χ3v) is 3.19. The van der Waals surface area contributed by atoms with Crippen molar-refractivity contribution < 1.29 is 0 Å². The van der Waals surface area contributed by atoms with Crippen molar-refractivity contribution in [3.05, 3.63) is 59.4 Å². The summed E-state index contributed by atoms with van der Waals surface area (Å²) in [6.45, 7) is 1.20. The molecule has 0 aliphatic heterocycles. The molecule has 0 unspecified atom stereocenters. The lowest BCUT2D eigenvalue weighted by Crippen LogP contribution is -2.28. The van der Waals surface area contributed by atoms with Crippen molar-refractivity contribution in [1.29, 1.82) is 0 Å². The molecule has 0 fully saturated rings. The number of hydrazine groups is 1. The molecule has 0 saturated heterocycles. The first kappa shape index (κ1) is 15.3. The monoisotopic (exact) mass is 306 g/mol. The summed E-state index contributed by atoms with van der Waals surface area (Å²) >= 11 is 5.85. The summed E-state index contributed by atoms with van der Waals surface area (Å²) in [4.78, 5) is 3.86.